The van der Waals surface area contributed by atoms with Gasteiger partial charge in [0.1, 0.15) is 6.04 Å². The number of carbonyl (C=O) groups is 3. The van der Waals surface area contributed by atoms with Crippen molar-refractivity contribution < 1.29 is 19.1 Å². The van der Waals surface area contributed by atoms with E-state index in [1.807, 2.05) is 46.9 Å². The van der Waals surface area contributed by atoms with E-state index in [1.165, 1.54) is 18.4 Å². The first-order valence-electron chi connectivity index (χ1n) is 10.7. The summed E-state index contributed by atoms with van der Waals surface area (Å²) in [5.74, 6) is -0.466. The van der Waals surface area contributed by atoms with Crippen molar-refractivity contribution >= 4 is 40.9 Å². The Morgan fingerprint density at radius 1 is 1.22 bits per heavy atom. The smallest absolute Gasteiger partial charge is 0.328 e. The molecule has 6 nitrogen and oxygen atoms in total. The Morgan fingerprint density at radius 2 is 1.97 bits per heavy atom. The number of benzene rings is 1. The Bertz CT molecular complexity index is 945. The molecule has 1 aliphatic heterocycles. The van der Waals surface area contributed by atoms with Gasteiger partial charge in [0.25, 0.3) is 5.91 Å². The number of amides is 2. The van der Waals surface area contributed by atoms with Crippen LogP contribution in [0.5, 0.6) is 0 Å². The monoisotopic (exact) mass is 474 g/mol. The molecule has 3 rings (SSSR count). The Labute approximate surface area is 197 Å². The Hall–Kier alpha value is -2.32. The molecule has 0 radical (unpaired) electrons. The van der Waals surface area contributed by atoms with Crippen molar-refractivity contribution in [2.45, 2.75) is 38.3 Å². The minimum atomic E-state index is -0.729. The standard InChI is InChI=1S/C24H30N2O4S2/c1-15(2)14-26-21(19-10-7-12-32-19)20(16-8-5-6-9-17(16)23(26)28)22(27)25-18(11-13-31-4)24(29)30-3/h5-10,12,15,18,20-21H,11,13-14H2,1-4H3,(H,25,27)/t18-,20-,21-/m0/s1. The zero-order chi connectivity index (χ0) is 23.3. The quantitative estimate of drug-likeness (QED) is 0.554. The number of hydrogen-bond donors (Lipinski definition) is 1. The van der Waals surface area contributed by atoms with Crippen LogP contribution >= 0.6 is 23.1 Å². The van der Waals surface area contributed by atoms with Crippen molar-refractivity contribution in [3.8, 4) is 0 Å². The summed E-state index contributed by atoms with van der Waals surface area (Å²) in [5.41, 5.74) is 1.24. The molecule has 0 unspecified atom stereocenters. The molecule has 2 amide bonds. The Morgan fingerprint density at radius 3 is 2.59 bits per heavy atom. The lowest BCUT2D eigenvalue weighted by molar-refractivity contribution is -0.145. The zero-order valence-corrected chi connectivity index (χ0v) is 20.5. The highest BCUT2D eigenvalue weighted by Gasteiger charge is 2.45. The summed E-state index contributed by atoms with van der Waals surface area (Å²) in [4.78, 5) is 42.3. The molecule has 0 spiro atoms. The first kappa shape index (κ1) is 24.3. The van der Waals surface area contributed by atoms with Gasteiger partial charge in [0.05, 0.1) is 19.1 Å². The lowest BCUT2D eigenvalue weighted by Gasteiger charge is -2.42. The third-order valence-electron chi connectivity index (χ3n) is 5.53. The first-order valence-corrected chi connectivity index (χ1v) is 13.0. The van der Waals surface area contributed by atoms with Gasteiger partial charge in [-0.15, -0.1) is 11.3 Å². The molecule has 172 valence electrons. The van der Waals surface area contributed by atoms with Crippen LogP contribution in [0.15, 0.2) is 41.8 Å². The number of ether oxygens (including phenoxy) is 1. The van der Waals surface area contributed by atoms with Crippen molar-refractivity contribution in [3.05, 3.63) is 57.8 Å². The van der Waals surface area contributed by atoms with Crippen LogP contribution in [0.25, 0.3) is 0 Å². The second-order valence-electron chi connectivity index (χ2n) is 8.24. The fourth-order valence-corrected chi connectivity index (χ4v) is 5.48. The van der Waals surface area contributed by atoms with Crippen LogP contribution < -0.4 is 5.32 Å². The Balaban J connectivity index is 2.06. The van der Waals surface area contributed by atoms with Gasteiger partial charge in [-0.2, -0.15) is 11.8 Å². The van der Waals surface area contributed by atoms with Gasteiger partial charge in [0, 0.05) is 17.0 Å². The molecular weight excluding hydrogens is 444 g/mol. The largest absolute Gasteiger partial charge is 0.467 e. The topological polar surface area (TPSA) is 75.7 Å². The van der Waals surface area contributed by atoms with Crippen LogP contribution in [-0.4, -0.2) is 54.4 Å². The van der Waals surface area contributed by atoms with Crippen molar-refractivity contribution in [1.82, 2.24) is 10.2 Å². The summed E-state index contributed by atoms with van der Waals surface area (Å²) in [7, 11) is 1.33. The zero-order valence-electron chi connectivity index (χ0n) is 18.9. The van der Waals surface area contributed by atoms with Crippen molar-refractivity contribution in [2.24, 2.45) is 5.92 Å². The van der Waals surface area contributed by atoms with E-state index < -0.39 is 24.0 Å². The van der Waals surface area contributed by atoms with Crippen molar-refractivity contribution in [1.29, 1.82) is 0 Å². The number of rotatable bonds is 9. The number of thioether (sulfide) groups is 1. The van der Waals surface area contributed by atoms with E-state index in [-0.39, 0.29) is 17.7 Å². The molecular formula is C24H30N2O4S2. The summed E-state index contributed by atoms with van der Waals surface area (Å²) >= 11 is 3.14. The van der Waals surface area contributed by atoms with E-state index >= 15 is 0 Å². The van der Waals surface area contributed by atoms with Crippen LogP contribution in [0.4, 0.5) is 0 Å². The molecule has 1 aromatic heterocycles. The van der Waals surface area contributed by atoms with E-state index in [0.29, 0.717) is 29.8 Å². The predicted octanol–water partition coefficient (Wildman–Crippen LogP) is 4.10. The van der Waals surface area contributed by atoms with Gasteiger partial charge >= 0.3 is 5.97 Å². The van der Waals surface area contributed by atoms with E-state index in [1.54, 1.807) is 17.8 Å². The molecule has 0 bridgehead atoms. The van der Waals surface area contributed by atoms with Gasteiger partial charge in [-0.25, -0.2) is 4.79 Å². The number of nitrogens with one attached hydrogen (secondary N) is 1. The summed E-state index contributed by atoms with van der Waals surface area (Å²) in [6.07, 6.45) is 2.43. The van der Waals surface area contributed by atoms with Crippen LogP contribution in [-0.2, 0) is 14.3 Å². The van der Waals surface area contributed by atoms with E-state index in [9.17, 15) is 14.4 Å². The third-order valence-corrected chi connectivity index (χ3v) is 7.12. The molecule has 32 heavy (non-hydrogen) atoms. The molecule has 1 aromatic carbocycles. The molecule has 8 heteroatoms. The summed E-state index contributed by atoms with van der Waals surface area (Å²) in [6.45, 7) is 4.65. The minimum Gasteiger partial charge on any atom is -0.467 e. The number of thiophene rings is 1. The number of methoxy groups -OCH3 is 1. The number of hydrogen-bond acceptors (Lipinski definition) is 6. The molecule has 3 atom stereocenters. The van der Waals surface area contributed by atoms with Gasteiger partial charge in [-0.05, 0) is 47.4 Å². The van der Waals surface area contributed by atoms with Crippen molar-refractivity contribution in [2.75, 3.05) is 25.7 Å². The fraction of sp³-hybridized carbons (Fsp3) is 0.458. The minimum absolute atomic E-state index is 0.0661. The van der Waals surface area contributed by atoms with E-state index in [0.717, 1.165) is 4.88 Å². The van der Waals surface area contributed by atoms with Crippen LogP contribution in [0, 0.1) is 5.92 Å². The van der Waals surface area contributed by atoms with Gasteiger partial charge < -0.3 is 15.0 Å². The van der Waals surface area contributed by atoms with Crippen molar-refractivity contribution in [3.63, 3.8) is 0 Å². The molecule has 0 saturated carbocycles. The lowest BCUT2D eigenvalue weighted by Crippen LogP contribution is -2.51. The maximum atomic E-state index is 13.7. The normalized spacial score (nSPS) is 18.9. The molecule has 1 N–H and O–H groups in total. The number of esters is 1. The fourth-order valence-electron chi connectivity index (χ4n) is 4.13. The van der Waals surface area contributed by atoms with Crippen LogP contribution in [0.2, 0.25) is 0 Å². The lowest BCUT2D eigenvalue weighted by atomic mass is 9.81. The van der Waals surface area contributed by atoms with E-state index in [4.69, 9.17) is 4.74 Å². The molecule has 2 aromatic rings. The SMILES string of the molecule is COC(=O)[C@H](CCSC)NC(=O)[C@H]1c2ccccc2C(=O)N(CC(C)C)[C@H]1c1cccs1. The number of fused-ring (bicyclic) bond motifs is 1. The molecule has 0 saturated heterocycles. The summed E-state index contributed by atoms with van der Waals surface area (Å²) in [5, 5.41) is 4.89. The van der Waals surface area contributed by atoms with Gasteiger partial charge in [0.15, 0.2) is 0 Å². The molecule has 0 aliphatic carbocycles. The first-order chi connectivity index (χ1) is 15.4. The Kier molecular flexibility index (Phi) is 8.37. The summed E-state index contributed by atoms with van der Waals surface area (Å²) in [6, 6.07) is 10.0. The second kappa shape index (κ2) is 11.0. The van der Waals surface area contributed by atoms with Gasteiger partial charge in [-0.1, -0.05) is 38.1 Å². The average Bonchev–Trinajstić information content (AvgIpc) is 3.31. The van der Waals surface area contributed by atoms with Crippen LogP contribution in [0.3, 0.4) is 0 Å². The van der Waals surface area contributed by atoms with Gasteiger partial charge in [0.2, 0.25) is 5.91 Å². The average molecular weight is 475 g/mol. The van der Waals surface area contributed by atoms with Crippen LogP contribution in [0.1, 0.15) is 53.0 Å². The highest BCUT2D eigenvalue weighted by atomic mass is 32.2. The summed E-state index contributed by atoms with van der Waals surface area (Å²) < 4.78 is 4.93. The highest BCUT2D eigenvalue weighted by molar-refractivity contribution is 7.98. The highest BCUT2D eigenvalue weighted by Crippen LogP contribution is 2.44. The maximum Gasteiger partial charge on any atom is 0.328 e. The number of carbonyl (C=O) groups excluding carboxylic acids is 3. The molecule has 1 aliphatic rings. The third kappa shape index (κ3) is 5.18. The van der Waals surface area contributed by atoms with E-state index in [2.05, 4.69) is 19.2 Å². The van der Waals surface area contributed by atoms with Gasteiger partial charge in [-0.3, -0.25) is 9.59 Å². The second-order valence-corrected chi connectivity index (χ2v) is 10.2. The number of nitrogens with zero attached hydrogens (tertiary/aromatic N) is 1. The molecule has 2 heterocycles. The predicted molar refractivity (Wildman–Crippen MR) is 129 cm³/mol. The molecule has 0 fully saturated rings. The maximum absolute atomic E-state index is 13.7.